The molecular weight excluding hydrogens is 288 g/mol. The molecule has 0 N–H and O–H groups in total. The summed E-state index contributed by atoms with van der Waals surface area (Å²) in [6.45, 7) is 9.50. The summed E-state index contributed by atoms with van der Waals surface area (Å²) in [5.41, 5.74) is 3.53. The molecule has 0 atom stereocenters. The van der Waals surface area contributed by atoms with E-state index in [4.69, 9.17) is 0 Å². The number of rotatable bonds is 9. The number of hydrogen-bond acceptors (Lipinski definition) is 0. The highest BCUT2D eigenvalue weighted by atomic mass is 14.3. The molecule has 0 aliphatic rings. The van der Waals surface area contributed by atoms with Gasteiger partial charge in [0.1, 0.15) is 0 Å². The molecule has 2 aromatic carbocycles. The Labute approximate surface area is 149 Å². The van der Waals surface area contributed by atoms with E-state index >= 15 is 0 Å². The average Bonchev–Trinajstić information content (AvgIpc) is 2.59. The Bertz CT molecular complexity index is 522. The summed E-state index contributed by atoms with van der Waals surface area (Å²) in [5, 5.41) is 0. The summed E-state index contributed by atoms with van der Waals surface area (Å²) in [5.74, 6) is 0. The Morgan fingerprint density at radius 1 is 0.500 bits per heavy atom. The monoisotopic (exact) mass is 322 g/mol. The maximum Gasteiger partial charge on any atom is -0.0104 e. The van der Waals surface area contributed by atoms with Crippen molar-refractivity contribution in [3.05, 3.63) is 71.8 Å². The lowest BCUT2D eigenvalue weighted by atomic mass is 9.79. The Balaban J connectivity index is 1.68. The van der Waals surface area contributed by atoms with Crippen molar-refractivity contribution in [3.8, 4) is 0 Å². The van der Waals surface area contributed by atoms with Crippen LogP contribution in [0.3, 0.4) is 0 Å². The summed E-state index contributed by atoms with van der Waals surface area (Å²) in [4.78, 5) is 0. The molecule has 2 rings (SSSR count). The van der Waals surface area contributed by atoms with Crippen LogP contribution in [0.2, 0.25) is 0 Å². The van der Waals surface area contributed by atoms with E-state index in [9.17, 15) is 0 Å². The van der Waals surface area contributed by atoms with E-state index in [0.717, 1.165) is 0 Å². The van der Waals surface area contributed by atoms with Crippen LogP contribution in [0, 0.1) is 0 Å². The molecule has 24 heavy (non-hydrogen) atoms. The summed E-state index contributed by atoms with van der Waals surface area (Å²) in [6, 6.07) is 21.9. The van der Waals surface area contributed by atoms with Crippen molar-refractivity contribution in [1.82, 2.24) is 0 Å². The van der Waals surface area contributed by atoms with Gasteiger partial charge in [0.15, 0.2) is 0 Å². The van der Waals surface area contributed by atoms with E-state index < -0.39 is 0 Å². The first-order valence-corrected chi connectivity index (χ1v) is 9.53. The fourth-order valence-corrected chi connectivity index (χ4v) is 3.55. The zero-order valence-electron chi connectivity index (χ0n) is 16.0. The number of hydrogen-bond donors (Lipinski definition) is 0. The lowest BCUT2D eigenvalue weighted by molar-refractivity contribution is 0.418. The normalized spacial score (nSPS) is 12.3. The molecule has 0 aliphatic heterocycles. The molecule has 0 fully saturated rings. The van der Waals surface area contributed by atoms with Gasteiger partial charge in [0, 0.05) is 0 Å². The highest BCUT2D eigenvalue weighted by molar-refractivity contribution is 5.24. The van der Waals surface area contributed by atoms with Gasteiger partial charge in [-0.15, -0.1) is 0 Å². The van der Waals surface area contributed by atoms with Gasteiger partial charge in [-0.25, -0.2) is 0 Å². The van der Waals surface area contributed by atoms with Gasteiger partial charge >= 0.3 is 0 Å². The lowest BCUT2D eigenvalue weighted by Crippen LogP contribution is -2.17. The highest BCUT2D eigenvalue weighted by Gasteiger charge is 2.21. The first-order chi connectivity index (χ1) is 11.4. The van der Waals surface area contributed by atoms with E-state index in [1.54, 1.807) is 0 Å². The summed E-state index contributed by atoms with van der Waals surface area (Å²) < 4.78 is 0. The van der Waals surface area contributed by atoms with Gasteiger partial charge < -0.3 is 0 Å². The van der Waals surface area contributed by atoms with E-state index in [0.29, 0.717) is 10.8 Å². The third kappa shape index (κ3) is 5.51. The predicted molar refractivity (Wildman–Crippen MR) is 107 cm³/mol. The van der Waals surface area contributed by atoms with Crippen LogP contribution < -0.4 is 0 Å². The van der Waals surface area contributed by atoms with Crippen molar-refractivity contribution in [3.63, 3.8) is 0 Å². The molecule has 0 radical (unpaired) electrons. The van der Waals surface area contributed by atoms with Gasteiger partial charge in [0.05, 0.1) is 0 Å². The summed E-state index contributed by atoms with van der Waals surface area (Å²) in [7, 11) is 0. The quantitative estimate of drug-likeness (QED) is 0.425. The van der Waals surface area contributed by atoms with Crippen molar-refractivity contribution < 1.29 is 0 Å². The van der Waals surface area contributed by atoms with Crippen LogP contribution >= 0.6 is 0 Å². The van der Waals surface area contributed by atoms with Crippen molar-refractivity contribution in [1.29, 1.82) is 0 Å². The lowest BCUT2D eigenvalue weighted by Gasteiger charge is -2.26. The fraction of sp³-hybridized carbons (Fsp3) is 0.500. The molecule has 0 heterocycles. The molecule has 0 nitrogen and oxygen atoms in total. The Hall–Kier alpha value is -1.56. The van der Waals surface area contributed by atoms with Gasteiger partial charge in [0.2, 0.25) is 0 Å². The van der Waals surface area contributed by atoms with Crippen LogP contribution in [0.4, 0.5) is 0 Å². The van der Waals surface area contributed by atoms with E-state index in [1.807, 2.05) is 0 Å². The van der Waals surface area contributed by atoms with Gasteiger partial charge in [0.25, 0.3) is 0 Å². The Morgan fingerprint density at radius 2 is 0.833 bits per heavy atom. The van der Waals surface area contributed by atoms with Crippen LogP contribution in [0.15, 0.2) is 60.7 Å². The molecule has 0 heteroatoms. The largest absolute Gasteiger partial charge is 0.0622 e. The molecule has 0 spiro atoms. The second-order valence-corrected chi connectivity index (χ2v) is 8.41. The van der Waals surface area contributed by atoms with Crippen molar-refractivity contribution in [2.24, 2.45) is 0 Å². The predicted octanol–water partition coefficient (Wildman–Crippen LogP) is 7.28. The third-order valence-electron chi connectivity index (χ3n) is 5.46. The van der Waals surface area contributed by atoms with Crippen LogP contribution in [-0.4, -0.2) is 0 Å². The standard InChI is InChI=1S/C24H34/c1-23(2,21-15-9-7-10-16-21)19-13-5-6-14-20-24(3,4)22-17-11-8-12-18-22/h7-12,15-18H,5-6,13-14,19-20H2,1-4H3. The topological polar surface area (TPSA) is 0 Å². The van der Waals surface area contributed by atoms with Gasteiger partial charge in [-0.2, -0.15) is 0 Å². The second kappa shape index (κ2) is 8.51. The number of benzene rings is 2. The van der Waals surface area contributed by atoms with Crippen LogP contribution in [0.25, 0.3) is 0 Å². The molecule has 130 valence electrons. The minimum Gasteiger partial charge on any atom is -0.0622 e. The minimum atomic E-state index is 0.296. The maximum absolute atomic E-state index is 2.38. The summed E-state index contributed by atoms with van der Waals surface area (Å²) >= 11 is 0. The van der Waals surface area contributed by atoms with Gasteiger partial charge in [-0.05, 0) is 34.8 Å². The van der Waals surface area contributed by atoms with E-state index in [-0.39, 0.29) is 0 Å². The Kier molecular flexibility index (Phi) is 6.66. The smallest absolute Gasteiger partial charge is 0.0104 e. The first kappa shape index (κ1) is 18.8. The van der Waals surface area contributed by atoms with E-state index in [1.165, 1.54) is 49.7 Å². The third-order valence-corrected chi connectivity index (χ3v) is 5.46. The molecule has 0 aliphatic carbocycles. The zero-order chi connectivity index (χ0) is 17.5. The molecule has 0 bridgehead atoms. The molecule has 0 saturated heterocycles. The summed E-state index contributed by atoms with van der Waals surface area (Å²) in [6.07, 6.45) is 7.90. The average molecular weight is 323 g/mol. The van der Waals surface area contributed by atoms with Crippen LogP contribution in [-0.2, 0) is 10.8 Å². The highest BCUT2D eigenvalue weighted by Crippen LogP contribution is 2.31. The zero-order valence-corrected chi connectivity index (χ0v) is 16.0. The van der Waals surface area contributed by atoms with Crippen LogP contribution in [0.1, 0.15) is 77.3 Å². The second-order valence-electron chi connectivity index (χ2n) is 8.41. The van der Waals surface area contributed by atoms with Crippen molar-refractivity contribution in [2.45, 2.75) is 77.0 Å². The minimum absolute atomic E-state index is 0.296. The van der Waals surface area contributed by atoms with Crippen LogP contribution in [0.5, 0.6) is 0 Å². The number of unbranched alkanes of at least 4 members (excludes halogenated alkanes) is 3. The van der Waals surface area contributed by atoms with Gasteiger partial charge in [-0.3, -0.25) is 0 Å². The molecule has 0 saturated carbocycles. The molecule has 0 amide bonds. The SMILES string of the molecule is CC(C)(CCCCCCC(C)(C)c1ccccc1)c1ccccc1. The first-order valence-electron chi connectivity index (χ1n) is 9.53. The van der Waals surface area contributed by atoms with Gasteiger partial charge in [-0.1, -0.05) is 114 Å². The van der Waals surface area contributed by atoms with Crippen molar-refractivity contribution >= 4 is 0 Å². The Morgan fingerprint density at radius 3 is 1.17 bits per heavy atom. The van der Waals surface area contributed by atoms with E-state index in [2.05, 4.69) is 88.4 Å². The fourth-order valence-electron chi connectivity index (χ4n) is 3.55. The molecular formula is C24H34. The molecule has 0 aromatic heterocycles. The van der Waals surface area contributed by atoms with Crippen molar-refractivity contribution in [2.75, 3.05) is 0 Å². The molecule has 2 aromatic rings. The maximum atomic E-state index is 2.38. The molecule has 0 unspecified atom stereocenters.